The summed E-state index contributed by atoms with van der Waals surface area (Å²) < 4.78 is 0. The number of hydrogen-bond acceptors (Lipinski definition) is 7. The Kier molecular flexibility index (Phi) is 4.86. The van der Waals surface area contributed by atoms with Gasteiger partial charge in [-0.1, -0.05) is 12.1 Å². The Labute approximate surface area is 169 Å². The molecule has 1 aliphatic rings. The van der Waals surface area contributed by atoms with Gasteiger partial charge in [-0.25, -0.2) is 4.98 Å². The molecule has 3 heterocycles. The SMILES string of the molecule is CC(=O)N1CCN(c2nc(Cl)nc3scc(-c4cccc([N+](=O)[O-])c4)c23)CC1. The maximum Gasteiger partial charge on any atom is 0.270 e. The summed E-state index contributed by atoms with van der Waals surface area (Å²) in [5.74, 6) is 0.749. The van der Waals surface area contributed by atoms with Crippen molar-refractivity contribution in [1.29, 1.82) is 0 Å². The lowest BCUT2D eigenvalue weighted by Gasteiger charge is -2.35. The van der Waals surface area contributed by atoms with Crippen LogP contribution in [0.25, 0.3) is 21.3 Å². The van der Waals surface area contributed by atoms with Gasteiger partial charge in [-0.15, -0.1) is 11.3 Å². The number of piperazine rings is 1. The lowest BCUT2D eigenvalue weighted by molar-refractivity contribution is -0.384. The van der Waals surface area contributed by atoms with Gasteiger partial charge in [0.1, 0.15) is 10.6 Å². The molecule has 0 spiro atoms. The van der Waals surface area contributed by atoms with Crippen molar-refractivity contribution < 1.29 is 9.72 Å². The van der Waals surface area contributed by atoms with Crippen LogP contribution in [0.2, 0.25) is 5.28 Å². The number of non-ortho nitro benzene ring substituents is 1. The number of aromatic nitrogens is 2. The largest absolute Gasteiger partial charge is 0.352 e. The van der Waals surface area contributed by atoms with Gasteiger partial charge >= 0.3 is 0 Å². The molecule has 1 aliphatic heterocycles. The molecule has 28 heavy (non-hydrogen) atoms. The Morgan fingerprint density at radius 2 is 2.00 bits per heavy atom. The highest BCUT2D eigenvalue weighted by atomic mass is 35.5. The second-order valence-electron chi connectivity index (χ2n) is 6.45. The number of rotatable bonds is 3. The third-order valence-corrected chi connectivity index (χ3v) is 5.82. The van der Waals surface area contributed by atoms with Crippen LogP contribution in [0.15, 0.2) is 29.6 Å². The number of nitro benzene ring substituents is 1. The molecule has 144 valence electrons. The Hall–Kier alpha value is -2.78. The first-order valence-corrected chi connectivity index (χ1v) is 9.90. The number of benzene rings is 1. The summed E-state index contributed by atoms with van der Waals surface area (Å²) in [4.78, 5) is 35.7. The number of carbonyl (C=O) groups is 1. The number of hydrogen-bond donors (Lipinski definition) is 0. The number of halogens is 1. The number of amides is 1. The fourth-order valence-electron chi connectivity index (χ4n) is 3.36. The van der Waals surface area contributed by atoms with Gasteiger partial charge in [0.25, 0.3) is 5.69 Å². The monoisotopic (exact) mass is 417 g/mol. The van der Waals surface area contributed by atoms with Gasteiger partial charge in [0, 0.05) is 56.2 Å². The van der Waals surface area contributed by atoms with Gasteiger partial charge in [-0.2, -0.15) is 4.98 Å². The summed E-state index contributed by atoms with van der Waals surface area (Å²) in [6, 6.07) is 6.51. The van der Waals surface area contributed by atoms with Crippen LogP contribution in [-0.2, 0) is 4.79 Å². The Bertz CT molecular complexity index is 1080. The molecule has 0 aliphatic carbocycles. The average Bonchev–Trinajstić information content (AvgIpc) is 3.11. The second-order valence-corrected chi connectivity index (χ2v) is 7.64. The van der Waals surface area contributed by atoms with E-state index in [4.69, 9.17) is 11.6 Å². The molecule has 3 aromatic rings. The zero-order valence-electron chi connectivity index (χ0n) is 15.0. The lowest BCUT2D eigenvalue weighted by Crippen LogP contribution is -2.48. The van der Waals surface area contributed by atoms with Crippen LogP contribution in [0.3, 0.4) is 0 Å². The number of nitro groups is 1. The summed E-state index contributed by atoms with van der Waals surface area (Å²) in [5, 5.41) is 14.1. The molecular formula is C18H16ClN5O3S. The fourth-order valence-corrected chi connectivity index (χ4v) is 4.52. The van der Waals surface area contributed by atoms with E-state index in [9.17, 15) is 14.9 Å². The first-order chi connectivity index (χ1) is 13.4. The minimum Gasteiger partial charge on any atom is -0.352 e. The molecule has 0 bridgehead atoms. The summed E-state index contributed by atoms with van der Waals surface area (Å²) in [6.07, 6.45) is 0. The summed E-state index contributed by atoms with van der Waals surface area (Å²) in [5.41, 5.74) is 1.60. The van der Waals surface area contributed by atoms with E-state index in [1.807, 2.05) is 11.4 Å². The summed E-state index contributed by atoms with van der Waals surface area (Å²) in [6.45, 7) is 4.04. The minimum atomic E-state index is -0.409. The van der Waals surface area contributed by atoms with Crippen LogP contribution in [0.1, 0.15) is 6.92 Å². The molecule has 0 unspecified atom stereocenters. The van der Waals surface area contributed by atoms with Crippen LogP contribution >= 0.6 is 22.9 Å². The topological polar surface area (TPSA) is 92.5 Å². The number of carbonyl (C=O) groups excluding carboxylic acids is 1. The molecule has 1 saturated heterocycles. The van der Waals surface area contributed by atoms with Crippen molar-refractivity contribution >= 4 is 50.6 Å². The first kappa shape index (κ1) is 18.6. The highest BCUT2D eigenvalue weighted by Gasteiger charge is 2.24. The van der Waals surface area contributed by atoms with E-state index in [-0.39, 0.29) is 16.9 Å². The van der Waals surface area contributed by atoms with Gasteiger partial charge in [0.05, 0.1) is 10.3 Å². The Morgan fingerprint density at radius 3 is 2.68 bits per heavy atom. The Morgan fingerprint density at radius 1 is 1.25 bits per heavy atom. The third-order valence-electron chi connectivity index (χ3n) is 4.78. The van der Waals surface area contributed by atoms with Gasteiger partial charge in [0.15, 0.2) is 0 Å². The number of anilines is 1. The van der Waals surface area contributed by atoms with E-state index >= 15 is 0 Å². The van der Waals surface area contributed by atoms with Crippen molar-refractivity contribution in [1.82, 2.24) is 14.9 Å². The minimum absolute atomic E-state index is 0.0309. The molecule has 1 amide bonds. The predicted molar refractivity (Wildman–Crippen MR) is 109 cm³/mol. The van der Waals surface area contributed by atoms with Gasteiger partial charge in [-0.3, -0.25) is 14.9 Å². The van der Waals surface area contributed by atoms with Crippen molar-refractivity contribution in [2.24, 2.45) is 0 Å². The molecule has 0 radical (unpaired) electrons. The zero-order valence-corrected chi connectivity index (χ0v) is 16.5. The van der Waals surface area contributed by atoms with E-state index in [0.717, 1.165) is 21.3 Å². The lowest BCUT2D eigenvalue weighted by atomic mass is 10.0. The van der Waals surface area contributed by atoms with Crippen molar-refractivity contribution in [3.63, 3.8) is 0 Å². The van der Waals surface area contributed by atoms with Crippen molar-refractivity contribution in [2.45, 2.75) is 6.92 Å². The van der Waals surface area contributed by atoms with Crippen LogP contribution in [0.4, 0.5) is 11.5 Å². The quantitative estimate of drug-likeness (QED) is 0.367. The molecule has 1 fully saturated rings. The molecule has 0 saturated carbocycles. The van der Waals surface area contributed by atoms with Crippen LogP contribution in [0.5, 0.6) is 0 Å². The molecule has 8 nitrogen and oxygen atoms in total. The molecule has 0 N–H and O–H groups in total. The highest BCUT2D eigenvalue weighted by Crippen LogP contribution is 2.40. The molecular weight excluding hydrogens is 402 g/mol. The normalized spacial score (nSPS) is 14.5. The van der Waals surface area contributed by atoms with Crippen molar-refractivity contribution in [2.75, 3.05) is 31.1 Å². The van der Waals surface area contributed by atoms with Gasteiger partial charge in [-0.05, 0) is 17.2 Å². The van der Waals surface area contributed by atoms with E-state index in [2.05, 4.69) is 14.9 Å². The smallest absolute Gasteiger partial charge is 0.270 e. The number of nitrogens with zero attached hydrogens (tertiary/aromatic N) is 5. The van der Waals surface area contributed by atoms with E-state index in [0.29, 0.717) is 32.0 Å². The van der Waals surface area contributed by atoms with Crippen LogP contribution < -0.4 is 4.90 Å². The van der Waals surface area contributed by atoms with E-state index in [1.165, 1.54) is 17.4 Å². The summed E-state index contributed by atoms with van der Waals surface area (Å²) in [7, 11) is 0. The summed E-state index contributed by atoms with van der Waals surface area (Å²) >= 11 is 7.57. The van der Waals surface area contributed by atoms with Crippen LogP contribution in [-0.4, -0.2) is 51.9 Å². The van der Waals surface area contributed by atoms with E-state index < -0.39 is 4.92 Å². The molecule has 4 rings (SSSR count). The molecule has 10 heteroatoms. The molecule has 1 aromatic carbocycles. The second kappa shape index (κ2) is 7.33. The number of thiophene rings is 1. The zero-order chi connectivity index (χ0) is 19.8. The maximum atomic E-state index is 11.6. The standard InChI is InChI=1S/C18H16ClN5O3S/c1-11(25)22-5-7-23(8-6-22)16-15-14(10-28-17(15)21-18(19)20-16)12-3-2-4-13(9-12)24(26)27/h2-4,9-10H,5-8H2,1H3. The predicted octanol–water partition coefficient (Wildman–Crippen LogP) is 3.59. The average molecular weight is 418 g/mol. The Balaban J connectivity index is 1.80. The van der Waals surface area contributed by atoms with Gasteiger partial charge < -0.3 is 9.80 Å². The number of fused-ring (bicyclic) bond motifs is 1. The fraction of sp³-hybridized carbons (Fsp3) is 0.278. The van der Waals surface area contributed by atoms with Crippen molar-refractivity contribution in [3.05, 3.63) is 45.0 Å². The van der Waals surface area contributed by atoms with Crippen LogP contribution in [0, 0.1) is 10.1 Å². The van der Waals surface area contributed by atoms with Crippen molar-refractivity contribution in [3.8, 4) is 11.1 Å². The first-order valence-electron chi connectivity index (χ1n) is 8.64. The molecule has 2 aromatic heterocycles. The highest BCUT2D eigenvalue weighted by molar-refractivity contribution is 7.17. The van der Waals surface area contributed by atoms with Gasteiger partial charge in [0.2, 0.25) is 11.2 Å². The molecule has 0 atom stereocenters. The maximum absolute atomic E-state index is 11.6. The third kappa shape index (κ3) is 3.38. The van der Waals surface area contributed by atoms with E-state index in [1.54, 1.807) is 24.0 Å².